The summed E-state index contributed by atoms with van der Waals surface area (Å²) in [6, 6.07) is 0. The highest BCUT2D eigenvalue weighted by Crippen LogP contribution is 2.09. The fourth-order valence-electron chi connectivity index (χ4n) is 2.13. The van der Waals surface area contributed by atoms with Gasteiger partial charge in [0.25, 0.3) is 0 Å². The molecule has 0 aliphatic carbocycles. The lowest BCUT2D eigenvalue weighted by Gasteiger charge is -2.20. The van der Waals surface area contributed by atoms with Crippen LogP contribution < -0.4 is 5.32 Å². The molecular formula is C14H28N2O2. The number of carbonyl (C=O) groups is 1. The summed E-state index contributed by atoms with van der Waals surface area (Å²) in [5, 5.41) is 2.79. The molecule has 0 radical (unpaired) electrons. The molecule has 0 saturated carbocycles. The van der Waals surface area contributed by atoms with Gasteiger partial charge < -0.3 is 15.0 Å². The first-order chi connectivity index (χ1) is 8.47. The fourth-order valence-corrected chi connectivity index (χ4v) is 2.13. The van der Waals surface area contributed by atoms with Crippen LogP contribution in [0.5, 0.6) is 0 Å². The van der Waals surface area contributed by atoms with Crippen LogP contribution in [0.1, 0.15) is 52.9 Å². The monoisotopic (exact) mass is 256 g/mol. The van der Waals surface area contributed by atoms with Crippen LogP contribution in [-0.4, -0.2) is 42.8 Å². The van der Waals surface area contributed by atoms with Crippen molar-refractivity contribution in [3.05, 3.63) is 0 Å². The van der Waals surface area contributed by atoms with Gasteiger partial charge in [0.1, 0.15) is 0 Å². The van der Waals surface area contributed by atoms with Crippen LogP contribution in [0, 0.1) is 0 Å². The Kier molecular flexibility index (Phi) is 6.47. The van der Waals surface area contributed by atoms with E-state index in [0.717, 1.165) is 12.8 Å². The van der Waals surface area contributed by atoms with Crippen molar-refractivity contribution in [1.29, 1.82) is 0 Å². The Morgan fingerprint density at radius 3 is 2.44 bits per heavy atom. The largest absolute Gasteiger partial charge is 0.450 e. The van der Waals surface area contributed by atoms with Crippen molar-refractivity contribution in [1.82, 2.24) is 10.2 Å². The Hall–Kier alpha value is -0.770. The average Bonchev–Trinajstić information content (AvgIpc) is 2.73. The van der Waals surface area contributed by atoms with E-state index in [9.17, 15) is 4.79 Å². The summed E-state index contributed by atoms with van der Waals surface area (Å²) in [5.74, 6) is 0. The van der Waals surface area contributed by atoms with Crippen molar-refractivity contribution in [2.24, 2.45) is 0 Å². The normalized spacial score (nSPS) is 16.8. The number of hydrogen-bond acceptors (Lipinski definition) is 3. The predicted octanol–water partition coefficient (Wildman–Crippen LogP) is 2.78. The molecule has 0 atom stereocenters. The molecule has 0 aromatic carbocycles. The smallest absolute Gasteiger partial charge is 0.407 e. The molecule has 1 heterocycles. The van der Waals surface area contributed by atoms with E-state index in [2.05, 4.69) is 10.2 Å². The molecule has 0 aromatic heterocycles. The van der Waals surface area contributed by atoms with Crippen LogP contribution in [0.3, 0.4) is 0 Å². The quantitative estimate of drug-likeness (QED) is 0.743. The minimum absolute atomic E-state index is 0.215. The first kappa shape index (κ1) is 15.3. The zero-order valence-electron chi connectivity index (χ0n) is 12.1. The number of nitrogens with one attached hydrogen (secondary N) is 1. The summed E-state index contributed by atoms with van der Waals surface area (Å²) < 4.78 is 5.13. The molecule has 1 amide bonds. The third kappa shape index (κ3) is 7.54. The molecule has 4 heteroatoms. The van der Waals surface area contributed by atoms with Gasteiger partial charge in [-0.05, 0) is 72.5 Å². The molecule has 1 saturated heterocycles. The minimum atomic E-state index is -0.304. The average molecular weight is 256 g/mol. The van der Waals surface area contributed by atoms with E-state index in [4.69, 9.17) is 4.74 Å². The predicted molar refractivity (Wildman–Crippen MR) is 73.8 cm³/mol. The molecule has 0 aromatic rings. The van der Waals surface area contributed by atoms with E-state index in [-0.39, 0.29) is 11.6 Å². The molecule has 0 spiro atoms. The van der Waals surface area contributed by atoms with Crippen LogP contribution in [0.2, 0.25) is 0 Å². The number of carbonyl (C=O) groups excluding carboxylic acids is 1. The number of alkyl carbamates (subject to hydrolysis) is 1. The van der Waals surface area contributed by atoms with Crippen LogP contribution in [0.25, 0.3) is 0 Å². The lowest BCUT2D eigenvalue weighted by molar-refractivity contribution is 0.135. The highest BCUT2D eigenvalue weighted by atomic mass is 16.5. The maximum atomic E-state index is 11.4. The molecule has 1 N–H and O–H groups in total. The first-order valence-corrected chi connectivity index (χ1v) is 7.15. The summed E-state index contributed by atoms with van der Waals surface area (Å²) in [4.78, 5) is 13.9. The number of unbranched alkanes of at least 4 members (excludes halogenated alkanes) is 2. The third-order valence-electron chi connectivity index (χ3n) is 3.03. The van der Waals surface area contributed by atoms with Crippen molar-refractivity contribution in [2.45, 2.75) is 58.4 Å². The van der Waals surface area contributed by atoms with Crippen LogP contribution >= 0.6 is 0 Å². The number of amides is 1. The Morgan fingerprint density at radius 1 is 1.17 bits per heavy atom. The van der Waals surface area contributed by atoms with Gasteiger partial charge in [0.15, 0.2) is 0 Å². The molecule has 4 nitrogen and oxygen atoms in total. The Bertz CT molecular complexity index is 243. The van der Waals surface area contributed by atoms with Crippen molar-refractivity contribution < 1.29 is 9.53 Å². The van der Waals surface area contributed by atoms with E-state index in [0.29, 0.717) is 6.61 Å². The Balaban J connectivity index is 1.90. The van der Waals surface area contributed by atoms with E-state index < -0.39 is 0 Å². The fraction of sp³-hybridized carbons (Fsp3) is 0.929. The molecular weight excluding hydrogens is 228 g/mol. The minimum Gasteiger partial charge on any atom is -0.450 e. The van der Waals surface area contributed by atoms with Crippen molar-refractivity contribution in [3.63, 3.8) is 0 Å². The highest BCUT2D eigenvalue weighted by molar-refractivity contribution is 5.67. The molecule has 106 valence electrons. The van der Waals surface area contributed by atoms with Crippen molar-refractivity contribution in [3.8, 4) is 0 Å². The van der Waals surface area contributed by atoms with Gasteiger partial charge >= 0.3 is 6.09 Å². The molecule has 1 rings (SSSR count). The topological polar surface area (TPSA) is 41.6 Å². The van der Waals surface area contributed by atoms with E-state index in [1.54, 1.807) is 0 Å². The van der Waals surface area contributed by atoms with Gasteiger partial charge in [-0.2, -0.15) is 0 Å². The number of likely N-dealkylation sites (tertiary alicyclic amines) is 1. The maximum absolute atomic E-state index is 11.4. The Morgan fingerprint density at radius 2 is 1.83 bits per heavy atom. The number of rotatable bonds is 6. The summed E-state index contributed by atoms with van der Waals surface area (Å²) in [7, 11) is 0. The first-order valence-electron chi connectivity index (χ1n) is 7.15. The van der Waals surface area contributed by atoms with Gasteiger partial charge in [-0.3, -0.25) is 0 Å². The zero-order chi connectivity index (χ0) is 13.4. The lowest BCUT2D eigenvalue weighted by Crippen LogP contribution is -2.41. The molecule has 1 fully saturated rings. The van der Waals surface area contributed by atoms with Crippen LogP contribution in [0.15, 0.2) is 0 Å². The molecule has 18 heavy (non-hydrogen) atoms. The third-order valence-corrected chi connectivity index (χ3v) is 3.03. The van der Waals surface area contributed by atoms with Gasteiger partial charge in [-0.1, -0.05) is 0 Å². The number of hydrogen-bond donors (Lipinski definition) is 1. The second-order valence-corrected chi connectivity index (χ2v) is 6.12. The van der Waals surface area contributed by atoms with E-state index >= 15 is 0 Å². The van der Waals surface area contributed by atoms with Gasteiger partial charge in [0, 0.05) is 5.54 Å². The second-order valence-electron chi connectivity index (χ2n) is 6.12. The maximum Gasteiger partial charge on any atom is 0.407 e. The summed E-state index contributed by atoms with van der Waals surface area (Å²) >= 11 is 0. The molecule has 1 aliphatic rings. The van der Waals surface area contributed by atoms with Gasteiger partial charge in [0.2, 0.25) is 0 Å². The van der Waals surface area contributed by atoms with E-state index in [1.807, 2.05) is 20.8 Å². The van der Waals surface area contributed by atoms with Gasteiger partial charge in [-0.15, -0.1) is 0 Å². The lowest BCUT2D eigenvalue weighted by atomic mass is 10.1. The highest BCUT2D eigenvalue weighted by Gasteiger charge is 2.14. The zero-order valence-corrected chi connectivity index (χ0v) is 12.1. The summed E-state index contributed by atoms with van der Waals surface area (Å²) in [6.45, 7) is 10.1. The second kappa shape index (κ2) is 7.62. The SMILES string of the molecule is CC(C)(C)NC(=O)OCCCCCN1CCCC1. The summed E-state index contributed by atoms with van der Waals surface area (Å²) in [5.41, 5.74) is -0.215. The van der Waals surface area contributed by atoms with Crippen LogP contribution in [0.4, 0.5) is 4.79 Å². The Labute approximate surface area is 111 Å². The number of nitrogens with zero attached hydrogens (tertiary/aromatic N) is 1. The summed E-state index contributed by atoms with van der Waals surface area (Å²) in [6.07, 6.45) is 5.73. The molecule has 1 aliphatic heterocycles. The van der Waals surface area contributed by atoms with Gasteiger partial charge in [-0.25, -0.2) is 4.79 Å². The van der Waals surface area contributed by atoms with Crippen molar-refractivity contribution in [2.75, 3.05) is 26.2 Å². The van der Waals surface area contributed by atoms with Crippen LogP contribution in [-0.2, 0) is 4.74 Å². The van der Waals surface area contributed by atoms with Gasteiger partial charge in [0.05, 0.1) is 6.61 Å². The molecule has 0 unspecified atom stereocenters. The van der Waals surface area contributed by atoms with E-state index in [1.165, 1.54) is 38.9 Å². The number of ether oxygens (including phenoxy) is 1. The van der Waals surface area contributed by atoms with Crippen molar-refractivity contribution >= 4 is 6.09 Å². The molecule has 0 bridgehead atoms. The standard InChI is InChI=1S/C14H28N2O2/c1-14(2,3)15-13(17)18-12-8-4-5-9-16-10-6-7-11-16/h4-12H2,1-3H3,(H,15,17).